The summed E-state index contributed by atoms with van der Waals surface area (Å²) in [5.41, 5.74) is 14.5. The first kappa shape index (κ1) is 23.1. The quantitative estimate of drug-likeness (QED) is 0.407. The monoisotopic (exact) mass is 442 g/mol. The molecule has 31 heavy (non-hydrogen) atoms. The van der Waals surface area contributed by atoms with Crippen LogP contribution in [0.15, 0.2) is 53.8 Å². The van der Waals surface area contributed by atoms with Gasteiger partial charge < -0.3 is 26.7 Å². The second-order valence-corrected chi connectivity index (χ2v) is 8.34. The van der Waals surface area contributed by atoms with Gasteiger partial charge in [-0.3, -0.25) is 4.79 Å². The lowest BCUT2D eigenvalue weighted by Gasteiger charge is -2.40. The lowest BCUT2D eigenvalue weighted by atomic mass is 9.86. The number of amides is 1. The van der Waals surface area contributed by atoms with Crippen molar-refractivity contribution in [1.82, 2.24) is 15.2 Å². The molecule has 1 aromatic carbocycles. The summed E-state index contributed by atoms with van der Waals surface area (Å²) < 4.78 is 0. The summed E-state index contributed by atoms with van der Waals surface area (Å²) in [4.78, 5) is 23.1. The van der Waals surface area contributed by atoms with Crippen LogP contribution >= 0.6 is 11.6 Å². The molecule has 2 heterocycles. The molecule has 6 N–H and O–H groups in total. The predicted octanol–water partition coefficient (Wildman–Crippen LogP) is 2.87. The number of hydrogen-bond acceptors (Lipinski definition) is 4. The van der Waals surface area contributed by atoms with Gasteiger partial charge in [0.2, 0.25) is 5.91 Å². The van der Waals surface area contributed by atoms with Gasteiger partial charge in [-0.1, -0.05) is 29.8 Å². The van der Waals surface area contributed by atoms with E-state index in [4.69, 9.17) is 23.1 Å². The van der Waals surface area contributed by atoms with Gasteiger partial charge >= 0.3 is 0 Å². The number of halogens is 1. The molecule has 0 radical (unpaired) electrons. The van der Waals surface area contributed by atoms with Crippen LogP contribution in [0.3, 0.4) is 0 Å². The van der Waals surface area contributed by atoms with Crippen molar-refractivity contribution < 1.29 is 4.79 Å². The van der Waals surface area contributed by atoms with Gasteiger partial charge in [-0.25, -0.2) is 4.99 Å². The van der Waals surface area contributed by atoms with Crippen LogP contribution in [-0.2, 0) is 4.79 Å². The van der Waals surface area contributed by atoms with Gasteiger partial charge in [0.05, 0.1) is 11.6 Å². The van der Waals surface area contributed by atoms with Gasteiger partial charge in [0.1, 0.15) is 5.84 Å². The number of nitrogens with zero attached hydrogens (tertiary/aromatic N) is 2. The topological polar surface area (TPSA) is 113 Å². The van der Waals surface area contributed by atoms with Gasteiger partial charge in [-0.05, 0) is 50.5 Å². The highest BCUT2D eigenvalue weighted by Crippen LogP contribution is 2.24. The van der Waals surface area contributed by atoms with Crippen LogP contribution in [0, 0.1) is 6.92 Å². The molecule has 1 aliphatic rings. The number of aromatic nitrogens is 1. The Hall–Kier alpha value is -2.61. The fraction of sp³-hybridized carbons (Fsp3) is 0.391. The van der Waals surface area contributed by atoms with E-state index >= 15 is 0 Å². The summed E-state index contributed by atoms with van der Waals surface area (Å²) in [7, 11) is 0. The Morgan fingerprint density at radius 1 is 1.32 bits per heavy atom. The molecule has 0 bridgehead atoms. The Bertz CT molecular complexity index is 941. The SMILES string of the molecule is CC=CN=C(c1cc[nH]c1C)N1CCC(N)(C(=O)NC(CN)c2ccc(Cl)cc2)CC1. The molecule has 0 saturated carbocycles. The lowest BCUT2D eigenvalue weighted by molar-refractivity contribution is -0.128. The number of aryl methyl sites for hydroxylation is 1. The Labute approximate surface area is 188 Å². The highest BCUT2D eigenvalue weighted by atomic mass is 35.5. The van der Waals surface area contributed by atoms with E-state index in [2.05, 4.69) is 20.2 Å². The van der Waals surface area contributed by atoms with Crippen molar-refractivity contribution in [3.05, 3.63) is 70.6 Å². The standard InChI is InChI=1S/C23H31ClN6O/c1-3-11-28-21(19-8-12-27-16(19)2)30-13-9-23(26,10-14-30)22(31)29-20(15-25)17-4-6-18(24)7-5-17/h3-8,11-12,20,27H,9-10,13-15,25-26H2,1-2H3,(H,29,31). The maximum Gasteiger partial charge on any atom is 0.240 e. The highest BCUT2D eigenvalue weighted by molar-refractivity contribution is 6.30. The van der Waals surface area contributed by atoms with E-state index < -0.39 is 5.54 Å². The first-order valence-electron chi connectivity index (χ1n) is 10.5. The maximum atomic E-state index is 13.1. The number of carbonyl (C=O) groups excluding carboxylic acids is 1. The minimum atomic E-state index is -0.949. The van der Waals surface area contributed by atoms with Crippen LogP contribution in [0.1, 0.15) is 42.6 Å². The largest absolute Gasteiger partial charge is 0.365 e. The molecule has 1 amide bonds. The molecular weight excluding hydrogens is 412 g/mol. The molecule has 1 unspecified atom stereocenters. The van der Waals surface area contributed by atoms with Gasteiger partial charge in [0.25, 0.3) is 0 Å². The summed E-state index contributed by atoms with van der Waals surface area (Å²) >= 11 is 5.97. The summed E-state index contributed by atoms with van der Waals surface area (Å²) in [6.45, 7) is 5.51. The summed E-state index contributed by atoms with van der Waals surface area (Å²) in [6.07, 6.45) is 6.64. The molecule has 2 aromatic rings. The van der Waals surface area contributed by atoms with Crippen molar-refractivity contribution in [2.75, 3.05) is 19.6 Å². The van der Waals surface area contributed by atoms with E-state index in [-0.39, 0.29) is 18.5 Å². The number of likely N-dealkylation sites (tertiary alicyclic amines) is 1. The number of nitrogens with two attached hydrogens (primary N) is 2. The van der Waals surface area contributed by atoms with Crippen molar-refractivity contribution in [3.63, 3.8) is 0 Å². The molecule has 0 aliphatic carbocycles. The predicted molar refractivity (Wildman–Crippen MR) is 126 cm³/mol. The van der Waals surface area contributed by atoms with Gasteiger partial charge in [0, 0.05) is 48.3 Å². The number of aliphatic imine (C=N–C) groups is 1. The van der Waals surface area contributed by atoms with E-state index in [1.165, 1.54) is 0 Å². The zero-order valence-electron chi connectivity index (χ0n) is 18.1. The number of aromatic amines is 1. The smallest absolute Gasteiger partial charge is 0.240 e. The molecule has 1 atom stereocenters. The third-order valence-electron chi connectivity index (χ3n) is 5.76. The number of hydrogen-bond donors (Lipinski definition) is 4. The third-order valence-corrected chi connectivity index (χ3v) is 6.01. The van der Waals surface area contributed by atoms with E-state index in [9.17, 15) is 4.79 Å². The molecule has 3 rings (SSSR count). The molecule has 8 heteroatoms. The van der Waals surface area contributed by atoms with Crippen LogP contribution in [-0.4, -0.2) is 46.8 Å². The number of piperidine rings is 1. The molecule has 1 saturated heterocycles. The van der Waals surface area contributed by atoms with Gasteiger partial charge in [-0.2, -0.15) is 0 Å². The zero-order chi connectivity index (χ0) is 22.4. The number of rotatable bonds is 6. The maximum absolute atomic E-state index is 13.1. The normalized spacial score (nSPS) is 17.7. The van der Waals surface area contributed by atoms with Crippen molar-refractivity contribution in [1.29, 1.82) is 0 Å². The van der Waals surface area contributed by atoms with Crippen molar-refractivity contribution >= 4 is 23.3 Å². The first-order valence-corrected chi connectivity index (χ1v) is 10.9. The van der Waals surface area contributed by atoms with Crippen LogP contribution in [0.5, 0.6) is 0 Å². The summed E-state index contributed by atoms with van der Waals surface area (Å²) in [6, 6.07) is 9.03. The Morgan fingerprint density at radius 2 is 2.00 bits per heavy atom. The van der Waals surface area contributed by atoms with Gasteiger partial charge in [-0.15, -0.1) is 0 Å². The van der Waals surface area contributed by atoms with Crippen molar-refractivity contribution in [2.45, 2.75) is 38.3 Å². The third kappa shape index (κ3) is 5.36. The number of benzene rings is 1. The van der Waals surface area contributed by atoms with E-state index in [1.54, 1.807) is 18.3 Å². The lowest BCUT2D eigenvalue weighted by Crippen LogP contribution is -2.61. The molecule has 1 aromatic heterocycles. The van der Waals surface area contributed by atoms with E-state index in [0.29, 0.717) is 31.0 Å². The number of amidine groups is 1. The minimum Gasteiger partial charge on any atom is -0.365 e. The van der Waals surface area contributed by atoms with E-state index in [0.717, 1.165) is 22.7 Å². The average molecular weight is 443 g/mol. The fourth-order valence-corrected chi connectivity index (χ4v) is 3.91. The number of allylic oxidation sites excluding steroid dienone is 1. The summed E-state index contributed by atoms with van der Waals surface area (Å²) in [5.74, 6) is 0.711. The second kappa shape index (κ2) is 10.1. The van der Waals surface area contributed by atoms with E-state index in [1.807, 2.05) is 44.3 Å². The zero-order valence-corrected chi connectivity index (χ0v) is 18.8. The van der Waals surface area contributed by atoms with Crippen LogP contribution in [0.2, 0.25) is 5.02 Å². The molecule has 1 fully saturated rings. The average Bonchev–Trinajstić information content (AvgIpc) is 3.19. The van der Waals surface area contributed by atoms with Crippen LogP contribution in [0.25, 0.3) is 0 Å². The molecule has 166 valence electrons. The number of carbonyl (C=O) groups is 1. The van der Waals surface area contributed by atoms with Gasteiger partial charge in [0.15, 0.2) is 0 Å². The highest BCUT2D eigenvalue weighted by Gasteiger charge is 2.39. The molecule has 1 aliphatic heterocycles. The second-order valence-electron chi connectivity index (χ2n) is 7.91. The number of nitrogens with one attached hydrogen (secondary N) is 2. The van der Waals surface area contributed by atoms with Crippen LogP contribution < -0.4 is 16.8 Å². The Morgan fingerprint density at radius 3 is 2.55 bits per heavy atom. The Balaban J connectivity index is 1.69. The Kier molecular flexibility index (Phi) is 7.54. The number of H-pyrrole nitrogens is 1. The molecule has 0 spiro atoms. The minimum absolute atomic E-state index is 0.178. The van der Waals surface area contributed by atoms with Crippen molar-refractivity contribution in [3.8, 4) is 0 Å². The first-order chi connectivity index (χ1) is 14.9. The summed E-state index contributed by atoms with van der Waals surface area (Å²) in [5, 5.41) is 3.67. The van der Waals surface area contributed by atoms with Crippen LogP contribution in [0.4, 0.5) is 0 Å². The van der Waals surface area contributed by atoms with Crippen molar-refractivity contribution in [2.24, 2.45) is 16.5 Å². The molecular formula is C23H31ClN6O. The molecule has 7 nitrogen and oxygen atoms in total. The fourth-order valence-electron chi connectivity index (χ4n) is 3.78.